The molecule has 0 aliphatic carbocycles. The summed E-state index contributed by atoms with van der Waals surface area (Å²) in [6.45, 7) is 7.64. The SMILES string of the molecule is CCOc1ccccc1N(CC)C(=O)[C@H]1CCCN(c2ncnc3c2nc2n3CCCCC2)C1. The minimum absolute atomic E-state index is 0.103. The largest absolute Gasteiger partial charge is 0.492 e. The number of rotatable bonds is 6. The smallest absolute Gasteiger partial charge is 0.231 e. The van der Waals surface area contributed by atoms with Gasteiger partial charge in [-0.15, -0.1) is 0 Å². The zero-order valence-corrected chi connectivity index (χ0v) is 20.2. The van der Waals surface area contributed by atoms with Gasteiger partial charge in [-0.25, -0.2) is 15.0 Å². The normalized spacial score (nSPS) is 18.4. The molecule has 0 bridgehead atoms. The van der Waals surface area contributed by atoms with E-state index in [1.54, 1.807) is 6.33 Å². The van der Waals surface area contributed by atoms with Gasteiger partial charge in [0.1, 0.15) is 17.9 Å². The molecule has 1 aromatic carbocycles. The first-order valence-corrected chi connectivity index (χ1v) is 12.7. The van der Waals surface area contributed by atoms with E-state index >= 15 is 0 Å². The van der Waals surface area contributed by atoms with Crippen LogP contribution < -0.4 is 14.5 Å². The summed E-state index contributed by atoms with van der Waals surface area (Å²) < 4.78 is 8.08. The molecule has 4 heterocycles. The van der Waals surface area contributed by atoms with E-state index in [0.29, 0.717) is 19.7 Å². The van der Waals surface area contributed by atoms with Gasteiger partial charge in [0, 0.05) is 32.6 Å². The molecule has 0 spiro atoms. The molecule has 2 aliphatic rings. The molecule has 34 heavy (non-hydrogen) atoms. The number of hydrogen-bond donors (Lipinski definition) is 0. The van der Waals surface area contributed by atoms with E-state index in [0.717, 1.165) is 73.0 Å². The zero-order valence-electron chi connectivity index (χ0n) is 20.2. The number of anilines is 2. The summed E-state index contributed by atoms with van der Waals surface area (Å²) in [7, 11) is 0. The van der Waals surface area contributed by atoms with Crippen molar-refractivity contribution < 1.29 is 9.53 Å². The molecule has 1 fully saturated rings. The molecular formula is C26H34N6O2. The van der Waals surface area contributed by atoms with Gasteiger partial charge in [-0.05, 0) is 51.7 Å². The number of fused-ring (bicyclic) bond motifs is 3. The summed E-state index contributed by atoms with van der Waals surface area (Å²) in [5.41, 5.74) is 2.65. The highest BCUT2D eigenvalue weighted by Gasteiger charge is 2.32. The molecule has 0 radical (unpaired) electrons. The first-order chi connectivity index (χ1) is 16.7. The number of carbonyl (C=O) groups excluding carboxylic acids is 1. The summed E-state index contributed by atoms with van der Waals surface area (Å²) in [5, 5.41) is 0. The summed E-state index contributed by atoms with van der Waals surface area (Å²) in [5.74, 6) is 2.77. The molecule has 2 aromatic heterocycles. The Kier molecular flexibility index (Phi) is 6.65. The van der Waals surface area contributed by atoms with E-state index in [4.69, 9.17) is 9.72 Å². The molecule has 0 saturated carbocycles. The Morgan fingerprint density at radius 2 is 2.00 bits per heavy atom. The summed E-state index contributed by atoms with van der Waals surface area (Å²) in [6.07, 6.45) is 8.02. The lowest BCUT2D eigenvalue weighted by molar-refractivity contribution is -0.122. The third kappa shape index (κ3) is 4.21. The second kappa shape index (κ2) is 9.99. The number of para-hydroxylation sites is 2. The van der Waals surface area contributed by atoms with Gasteiger partial charge in [0.05, 0.1) is 18.2 Å². The Morgan fingerprint density at radius 3 is 2.85 bits per heavy atom. The maximum Gasteiger partial charge on any atom is 0.231 e. The maximum atomic E-state index is 13.7. The first kappa shape index (κ1) is 22.6. The lowest BCUT2D eigenvalue weighted by atomic mass is 9.96. The van der Waals surface area contributed by atoms with Crippen LogP contribution in [0, 0.1) is 5.92 Å². The molecule has 8 nitrogen and oxygen atoms in total. The van der Waals surface area contributed by atoms with Crippen molar-refractivity contribution in [2.45, 2.75) is 58.9 Å². The number of nitrogens with zero attached hydrogens (tertiary/aromatic N) is 6. The van der Waals surface area contributed by atoms with Crippen LogP contribution in [0.1, 0.15) is 51.8 Å². The molecule has 1 amide bonds. The van der Waals surface area contributed by atoms with Crippen LogP contribution in [-0.4, -0.2) is 51.7 Å². The standard InChI is InChI=1S/C26H34N6O2/c1-3-31(20-12-7-8-13-21(20)34-4-2)26(33)19-11-10-15-30(17-19)24-23-25(28-18-27-24)32-16-9-5-6-14-22(32)29-23/h7-8,12-13,18-19H,3-6,9-11,14-17H2,1-2H3/t19-/m0/s1. The fourth-order valence-corrected chi connectivity index (χ4v) is 5.35. The van der Waals surface area contributed by atoms with Gasteiger partial charge in [-0.1, -0.05) is 18.6 Å². The van der Waals surface area contributed by atoms with Crippen LogP contribution in [0.4, 0.5) is 11.5 Å². The van der Waals surface area contributed by atoms with Gasteiger partial charge in [-0.2, -0.15) is 0 Å². The number of aryl methyl sites for hydroxylation is 2. The lowest BCUT2D eigenvalue weighted by Crippen LogP contribution is -2.45. The van der Waals surface area contributed by atoms with Crippen molar-refractivity contribution in [3.8, 4) is 5.75 Å². The van der Waals surface area contributed by atoms with Gasteiger partial charge in [0.2, 0.25) is 5.91 Å². The molecule has 1 atom stereocenters. The van der Waals surface area contributed by atoms with E-state index in [-0.39, 0.29) is 11.8 Å². The summed E-state index contributed by atoms with van der Waals surface area (Å²) in [4.78, 5) is 32.0. The highest BCUT2D eigenvalue weighted by molar-refractivity contribution is 5.97. The summed E-state index contributed by atoms with van der Waals surface area (Å²) >= 11 is 0. The summed E-state index contributed by atoms with van der Waals surface area (Å²) in [6, 6.07) is 7.81. The van der Waals surface area contributed by atoms with Crippen molar-refractivity contribution in [3.63, 3.8) is 0 Å². The molecule has 8 heteroatoms. The van der Waals surface area contributed by atoms with E-state index in [9.17, 15) is 4.79 Å². The fraction of sp³-hybridized carbons (Fsp3) is 0.538. The van der Waals surface area contributed by atoms with Gasteiger partial charge in [0.25, 0.3) is 0 Å². The third-order valence-corrected chi connectivity index (χ3v) is 6.98. The molecule has 1 saturated heterocycles. The molecule has 2 aliphatic heterocycles. The van der Waals surface area contributed by atoms with Crippen LogP contribution in [0.25, 0.3) is 11.2 Å². The van der Waals surface area contributed by atoms with E-state index in [2.05, 4.69) is 19.4 Å². The predicted molar refractivity (Wildman–Crippen MR) is 133 cm³/mol. The Morgan fingerprint density at radius 1 is 1.12 bits per heavy atom. The van der Waals surface area contributed by atoms with Crippen LogP contribution in [0.3, 0.4) is 0 Å². The van der Waals surface area contributed by atoms with Crippen LogP contribution in [-0.2, 0) is 17.8 Å². The highest BCUT2D eigenvalue weighted by atomic mass is 16.5. The number of benzene rings is 1. The van der Waals surface area contributed by atoms with Crippen molar-refractivity contribution in [2.24, 2.45) is 5.92 Å². The maximum absolute atomic E-state index is 13.7. The van der Waals surface area contributed by atoms with Crippen LogP contribution in [0.15, 0.2) is 30.6 Å². The van der Waals surface area contributed by atoms with Crippen molar-refractivity contribution >= 4 is 28.6 Å². The minimum Gasteiger partial charge on any atom is -0.492 e. The number of aromatic nitrogens is 4. The van der Waals surface area contributed by atoms with Crippen molar-refractivity contribution in [1.29, 1.82) is 0 Å². The number of hydrogen-bond acceptors (Lipinski definition) is 6. The third-order valence-electron chi connectivity index (χ3n) is 6.98. The van der Waals surface area contributed by atoms with E-state index in [1.165, 1.54) is 12.8 Å². The van der Waals surface area contributed by atoms with Crippen LogP contribution in [0.5, 0.6) is 5.75 Å². The first-order valence-electron chi connectivity index (χ1n) is 12.7. The highest BCUT2D eigenvalue weighted by Crippen LogP contribution is 2.33. The Labute approximate surface area is 201 Å². The second-order valence-corrected chi connectivity index (χ2v) is 9.13. The van der Waals surface area contributed by atoms with Crippen molar-refractivity contribution in [3.05, 3.63) is 36.4 Å². The number of carbonyl (C=O) groups is 1. The van der Waals surface area contributed by atoms with Crippen molar-refractivity contribution in [2.75, 3.05) is 36.0 Å². The lowest BCUT2D eigenvalue weighted by Gasteiger charge is -2.35. The zero-order chi connectivity index (χ0) is 23.5. The number of ether oxygens (including phenoxy) is 1. The number of piperidine rings is 1. The molecule has 5 rings (SSSR count). The van der Waals surface area contributed by atoms with Crippen molar-refractivity contribution in [1.82, 2.24) is 19.5 Å². The Balaban J connectivity index is 1.41. The topological polar surface area (TPSA) is 76.4 Å². The average Bonchev–Trinajstić information content (AvgIpc) is 3.06. The van der Waals surface area contributed by atoms with Gasteiger partial charge < -0.3 is 19.1 Å². The number of imidazole rings is 1. The molecule has 3 aromatic rings. The van der Waals surface area contributed by atoms with Crippen LogP contribution >= 0.6 is 0 Å². The second-order valence-electron chi connectivity index (χ2n) is 9.13. The van der Waals surface area contributed by atoms with Gasteiger partial charge in [-0.3, -0.25) is 4.79 Å². The molecular weight excluding hydrogens is 428 g/mol. The average molecular weight is 463 g/mol. The molecule has 0 N–H and O–H groups in total. The quantitative estimate of drug-likeness (QED) is 0.546. The van der Waals surface area contributed by atoms with Gasteiger partial charge >= 0.3 is 0 Å². The Bertz CT molecular complexity index is 1160. The monoisotopic (exact) mass is 462 g/mol. The van der Waals surface area contributed by atoms with Crippen LogP contribution in [0.2, 0.25) is 0 Å². The predicted octanol–water partition coefficient (Wildman–Crippen LogP) is 4.22. The number of amides is 1. The molecule has 0 unspecified atom stereocenters. The minimum atomic E-state index is -0.103. The van der Waals surface area contributed by atoms with E-state index in [1.807, 2.05) is 43.0 Å². The Hall–Kier alpha value is -3.16. The molecule has 180 valence electrons. The fourth-order valence-electron chi connectivity index (χ4n) is 5.35. The van der Waals surface area contributed by atoms with E-state index < -0.39 is 0 Å². The van der Waals surface area contributed by atoms with Gasteiger partial charge in [0.15, 0.2) is 17.0 Å².